The maximum atomic E-state index is 11.4. The van der Waals surface area contributed by atoms with Crippen molar-refractivity contribution in [1.82, 2.24) is 0 Å². The summed E-state index contributed by atoms with van der Waals surface area (Å²) in [6, 6.07) is 3.78. The van der Waals surface area contributed by atoms with Crippen molar-refractivity contribution in [2.75, 3.05) is 29.5 Å². The van der Waals surface area contributed by atoms with Crippen LogP contribution in [0.5, 0.6) is 0 Å². The molecule has 0 saturated carbocycles. The maximum absolute atomic E-state index is 11.4. The van der Waals surface area contributed by atoms with E-state index in [9.17, 15) is 23.3 Å². The normalized spacial score (nSPS) is 17.7. The van der Waals surface area contributed by atoms with Crippen molar-refractivity contribution in [2.45, 2.75) is 0 Å². The Bertz CT molecular complexity index is 623. The molecule has 1 N–H and O–H groups in total. The topological polar surface area (TPSA) is 118 Å². The SMILES string of the molecule is O=C(O)c1cccc([N+](=O)[O-])c1N1CCS(=O)(=O)CC1. The molecule has 1 heterocycles. The molecule has 1 aromatic rings. The first-order chi connectivity index (χ1) is 9.32. The van der Waals surface area contributed by atoms with Gasteiger partial charge >= 0.3 is 5.97 Å². The highest BCUT2D eigenvalue weighted by molar-refractivity contribution is 7.91. The summed E-state index contributed by atoms with van der Waals surface area (Å²) in [5.41, 5.74) is -0.553. The van der Waals surface area contributed by atoms with E-state index in [1.807, 2.05) is 0 Å². The zero-order valence-electron chi connectivity index (χ0n) is 10.4. The fraction of sp³-hybridized carbons (Fsp3) is 0.364. The Morgan fingerprint density at radius 2 is 1.90 bits per heavy atom. The number of rotatable bonds is 3. The second-order valence-corrected chi connectivity index (χ2v) is 6.68. The molecule has 0 spiro atoms. The highest BCUT2D eigenvalue weighted by Crippen LogP contribution is 2.33. The van der Waals surface area contributed by atoms with Crippen molar-refractivity contribution < 1.29 is 23.2 Å². The van der Waals surface area contributed by atoms with E-state index in [1.54, 1.807) is 0 Å². The van der Waals surface area contributed by atoms with Crippen LogP contribution in [-0.4, -0.2) is 49.0 Å². The number of benzene rings is 1. The Balaban J connectivity index is 2.49. The number of nitro groups is 1. The predicted molar refractivity (Wildman–Crippen MR) is 70.9 cm³/mol. The zero-order valence-corrected chi connectivity index (χ0v) is 11.2. The summed E-state index contributed by atoms with van der Waals surface area (Å²) in [7, 11) is -3.15. The molecule has 8 nitrogen and oxygen atoms in total. The second-order valence-electron chi connectivity index (χ2n) is 4.37. The first-order valence-corrected chi connectivity index (χ1v) is 7.60. The highest BCUT2D eigenvalue weighted by Gasteiger charge is 2.30. The van der Waals surface area contributed by atoms with E-state index in [-0.39, 0.29) is 41.5 Å². The molecule has 20 heavy (non-hydrogen) atoms. The largest absolute Gasteiger partial charge is 0.478 e. The first kappa shape index (κ1) is 14.3. The number of carbonyl (C=O) groups is 1. The van der Waals surface area contributed by atoms with E-state index in [4.69, 9.17) is 5.11 Å². The number of carboxylic acid groups (broad SMARTS) is 1. The molecular weight excluding hydrogens is 288 g/mol. The van der Waals surface area contributed by atoms with Gasteiger partial charge in [0.2, 0.25) is 0 Å². The first-order valence-electron chi connectivity index (χ1n) is 5.78. The molecule has 0 bridgehead atoms. The number of aromatic carboxylic acids is 1. The molecule has 1 aromatic carbocycles. The molecule has 0 unspecified atom stereocenters. The van der Waals surface area contributed by atoms with Gasteiger partial charge in [0.1, 0.15) is 5.69 Å². The van der Waals surface area contributed by atoms with Gasteiger partial charge < -0.3 is 10.0 Å². The monoisotopic (exact) mass is 300 g/mol. The van der Waals surface area contributed by atoms with Crippen LogP contribution in [-0.2, 0) is 9.84 Å². The average molecular weight is 300 g/mol. The van der Waals surface area contributed by atoms with Gasteiger partial charge in [-0.05, 0) is 6.07 Å². The van der Waals surface area contributed by atoms with Crippen molar-refractivity contribution in [1.29, 1.82) is 0 Å². The Morgan fingerprint density at radius 3 is 2.40 bits per heavy atom. The lowest BCUT2D eigenvalue weighted by Gasteiger charge is -2.29. The number of anilines is 1. The molecule has 0 atom stereocenters. The average Bonchev–Trinajstić information content (AvgIpc) is 2.37. The van der Waals surface area contributed by atoms with Crippen LogP contribution in [0.25, 0.3) is 0 Å². The summed E-state index contributed by atoms with van der Waals surface area (Å²) in [5, 5.41) is 20.2. The number of hydrogen-bond acceptors (Lipinski definition) is 6. The summed E-state index contributed by atoms with van der Waals surface area (Å²) in [5.74, 6) is -1.56. The number of para-hydroxylation sites is 1. The van der Waals surface area contributed by atoms with Crippen LogP contribution in [0.2, 0.25) is 0 Å². The van der Waals surface area contributed by atoms with Crippen LogP contribution in [0.4, 0.5) is 11.4 Å². The zero-order chi connectivity index (χ0) is 14.9. The Labute approximate surface area is 114 Å². The predicted octanol–water partition coefficient (Wildman–Crippen LogP) is 0.528. The van der Waals surface area contributed by atoms with Gasteiger partial charge in [0.05, 0.1) is 22.0 Å². The smallest absolute Gasteiger partial charge is 0.338 e. The van der Waals surface area contributed by atoms with Crippen LogP contribution in [0.1, 0.15) is 10.4 Å². The molecule has 0 aromatic heterocycles. The van der Waals surface area contributed by atoms with Crippen molar-refractivity contribution >= 4 is 27.2 Å². The van der Waals surface area contributed by atoms with Crippen LogP contribution in [0.3, 0.4) is 0 Å². The lowest BCUT2D eigenvalue weighted by Crippen LogP contribution is -2.41. The van der Waals surface area contributed by atoms with Gasteiger partial charge in [-0.15, -0.1) is 0 Å². The van der Waals surface area contributed by atoms with Crippen LogP contribution < -0.4 is 4.90 Å². The Morgan fingerprint density at radius 1 is 1.30 bits per heavy atom. The molecular formula is C11H12N2O6S. The molecule has 0 amide bonds. The maximum Gasteiger partial charge on any atom is 0.338 e. The van der Waals surface area contributed by atoms with E-state index in [2.05, 4.69) is 0 Å². The Kier molecular flexibility index (Phi) is 3.62. The van der Waals surface area contributed by atoms with Gasteiger partial charge in [0.15, 0.2) is 9.84 Å². The molecule has 108 valence electrons. The minimum absolute atomic E-state index is 0.0279. The van der Waals surface area contributed by atoms with Crippen molar-refractivity contribution in [3.63, 3.8) is 0 Å². The lowest BCUT2D eigenvalue weighted by molar-refractivity contribution is -0.384. The fourth-order valence-corrected chi connectivity index (χ4v) is 3.32. The molecule has 1 fully saturated rings. The van der Waals surface area contributed by atoms with Crippen molar-refractivity contribution in [3.05, 3.63) is 33.9 Å². The summed E-state index contributed by atoms with van der Waals surface area (Å²) in [6.07, 6.45) is 0. The van der Waals surface area contributed by atoms with Crippen LogP contribution >= 0.6 is 0 Å². The molecule has 1 saturated heterocycles. The molecule has 9 heteroatoms. The minimum atomic E-state index is -3.15. The standard InChI is InChI=1S/C11H12N2O6S/c14-11(15)8-2-1-3-9(13(16)17)10(8)12-4-6-20(18,19)7-5-12/h1-3H,4-7H2,(H,14,15). The molecule has 0 radical (unpaired) electrons. The second kappa shape index (κ2) is 5.08. The van der Waals surface area contributed by atoms with E-state index in [0.29, 0.717) is 0 Å². The fourth-order valence-electron chi connectivity index (χ4n) is 2.12. The summed E-state index contributed by atoms with van der Waals surface area (Å²) in [4.78, 5) is 23.0. The lowest BCUT2D eigenvalue weighted by atomic mass is 10.1. The van der Waals surface area contributed by atoms with Crippen LogP contribution in [0.15, 0.2) is 18.2 Å². The summed E-state index contributed by atoms with van der Waals surface area (Å²) < 4.78 is 22.8. The van der Waals surface area contributed by atoms with Gasteiger partial charge in [-0.25, -0.2) is 13.2 Å². The number of nitrogens with zero attached hydrogens (tertiary/aromatic N) is 2. The molecule has 2 rings (SSSR count). The van der Waals surface area contributed by atoms with Gasteiger partial charge in [-0.1, -0.05) is 6.07 Å². The number of nitro benzene ring substituents is 1. The van der Waals surface area contributed by atoms with Gasteiger partial charge in [0, 0.05) is 19.2 Å². The quantitative estimate of drug-likeness (QED) is 0.638. The third kappa shape index (κ3) is 2.72. The Hall–Kier alpha value is -2.16. The van der Waals surface area contributed by atoms with Gasteiger partial charge in [-0.2, -0.15) is 0 Å². The van der Waals surface area contributed by atoms with E-state index in [1.165, 1.54) is 23.1 Å². The number of carboxylic acids is 1. The molecule has 0 aliphatic carbocycles. The molecule has 1 aliphatic heterocycles. The number of hydrogen-bond donors (Lipinski definition) is 1. The van der Waals surface area contributed by atoms with E-state index in [0.717, 1.165) is 0 Å². The summed E-state index contributed by atoms with van der Waals surface area (Å²) >= 11 is 0. The third-order valence-electron chi connectivity index (χ3n) is 3.10. The third-order valence-corrected chi connectivity index (χ3v) is 4.71. The molecule has 1 aliphatic rings. The van der Waals surface area contributed by atoms with Crippen LogP contribution in [0, 0.1) is 10.1 Å². The minimum Gasteiger partial charge on any atom is -0.478 e. The van der Waals surface area contributed by atoms with E-state index >= 15 is 0 Å². The van der Waals surface area contributed by atoms with Crippen molar-refractivity contribution in [2.24, 2.45) is 0 Å². The van der Waals surface area contributed by atoms with E-state index < -0.39 is 20.7 Å². The van der Waals surface area contributed by atoms with Gasteiger partial charge in [-0.3, -0.25) is 10.1 Å². The summed E-state index contributed by atoms with van der Waals surface area (Å²) in [6.45, 7) is 0.0981. The highest BCUT2D eigenvalue weighted by atomic mass is 32.2. The van der Waals surface area contributed by atoms with Crippen molar-refractivity contribution in [3.8, 4) is 0 Å². The number of sulfone groups is 1. The van der Waals surface area contributed by atoms with Gasteiger partial charge in [0.25, 0.3) is 5.69 Å².